The van der Waals surface area contributed by atoms with E-state index in [2.05, 4.69) is 23.5 Å². The molecule has 78 valence electrons. The molecule has 1 aliphatic rings. The summed E-state index contributed by atoms with van der Waals surface area (Å²) in [6.45, 7) is 1.52. The number of hydrogen-bond donors (Lipinski definition) is 1. The first-order chi connectivity index (χ1) is 7.25. The summed E-state index contributed by atoms with van der Waals surface area (Å²) in [5.41, 5.74) is 3.58. The molecule has 0 aromatic heterocycles. The minimum Gasteiger partial charge on any atom is -0.326 e. The summed E-state index contributed by atoms with van der Waals surface area (Å²) in [5.74, 6) is -0.0252. The second-order valence-corrected chi connectivity index (χ2v) is 3.88. The summed E-state index contributed by atoms with van der Waals surface area (Å²) in [6.07, 6.45) is 5.94. The lowest BCUT2D eigenvalue weighted by molar-refractivity contribution is -0.114. The number of anilines is 1. The van der Waals surface area contributed by atoms with Crippen LogP contribution in [0.5, 0.6) is 0 Å². The Morgan fingerprint density at radius 3 is 2.53 bits per heavy atom. The number of rotatable bonds is 2. The van der Waals surface area contributed by atoms with Gasteiger partial charge in [0.05, 0.1) is 0 Å². The van der Waals surface area contributed by atoms with Gasteiger partial charge in [-0.05, 0) is 42.5 Å². The molecule has 0 radical (unpaired) electrons. The first-order valence-corrected chi connectivity index (χ1v) is 5.33. The molecule has 1 aromatic rings. The second kappa shape index (κ2) is 4.30. The molecule has 2 heteroatoms. The first kappa shape index (κ1) is 9.97. The van der Waals surface area contributed by atoms with Gasteiger partial charge in [0.25, 0.3) is 0 Å². The second-order valence-electron chi connectivity index (χ2n) is 3.88. The van der Waals surface area contributed by atoms with Gasteiger partial charge < -0.3 is 5.32 Å². The molecule has 0 aliphatic heterocycles. The van der Waals surface area contributed by atoms with Crippen LogP contribution in [0.4, 0.5) is 5.69 Å². The van der Waals surface area contributed by atoms with E-state index in [0.717, 1.165) is 5.69 Å². The van der Waals surface area contributed by atoms with Crippen LogP contribution in [0.25, 0.3) is 5.57 Å². The Hall–Kier alpha value is -1.57. The Bertz CT molecular complexity index is 390. The normalized spacial score (nSPS) is 14.9. The number of carbonyl (C=O) groups is 1. The number of hydrogen-bond acceptors (Lipinski definition) is 1. The fraction of sp³-hybridized carbons (Fsp3) is 0.308. The highest BCUT2D eigenvalue weighted by molar-refractivity contribution is 5.88. The van der Waals surface area contributed by atoms with Crippen LogP contribution in [0.3, 0.4) is 0 Å². The van der Waals surface area contributed by atoms with Gasteiger partial charge in [-0.25, -0.2) is 0 Å². The number of carbonyl (C=O) groups excluding carboxylic acids is 1. The van der Waals surface area contributed by atoms with Gasteiger partial charge in [-0.2, -0.15) is 0 Å². The summed E-state index contributed by atoms with van der Waals surface area (Å²) >= 11 is 0. The molecule has 1 aliphatic carbocycles. The van der Waals surface area contributed by atoms with Crippen molar-refractivity contribution in [1.29, 1.82) is 0 Å². The molecule has 2 nitrogen and oxygen atoms in total. The minimum absolute atomic E-state index is 0.0252. The minimum atomic E-state index is -0.0252. The Labute approximate surface area is 90.0 Å². The predicted molar refractivity (Wildman–Crippen MR) is 62.6 cm³/mol. The lowest BCUT2D eigenvalue weighted by atomic mass is 10.1. The molecular formula is C13H15NO. The van der Waals surface area contributed by atoms with E-state index in [-0.39, 0.29) is 5.91 Å². The smallest absolute Gasteiger partial charge is 0.221 e. The highest BCUT2D eigenvalue weighted by Crippen LogP contribution is 2.28. The molecule has 0 saturated carbocycles. The zero-order valence-electron chi connectivity index (χ0n) is 8.92. The van der Waals surface area contributed by atoms with E-state index in [0.29, 0.717) is 0 Å². The van der Waals surface area contributed by atoms with Gasteiger partial charge in [0.15, 0.2) is 0 Å². The SMILES string of the molecule is CC(=O)Nc1ccc(C2=CCCC2)cc1. The van der Waals surface area contributed by atoms with Gasteiger partial charge in [0, 0.05) is 12.6 Å². The van der Waals surface area contributed by atoms with E-state index in [4.69, 9.17) is 0 Å². The molecule has 1 amide bonds. The summed E-state index contributed by atoms with van der Waals surface area (Å²) in [6, 6.07) is 8.05. The Morgan fingerprint density at radius 2 is 2.00 bits per heavy atom. The number of benzene rings is 1. The molecule has 0 spiro atoms. The van der Waals surface area contributed by atoms with Gasteiger partial charge in [0.2, 0.25) is 5.91 Å². The molecule has 1 N–H and O–H groups in total. The summed E-state index contributed by atoms with van der Waals surface area (Å²) < 4.78 is 0. The maximum Gasteiger partial charge on any atom is 0.221 e. The Balaban J connectivity index is 2.13. The van der Waals surface area contributed by atoms with Gasteiger partial charge in [-0.3, -0.25) is 4.79 Å². The van der Waals surface area contributed by atoms with E-state index in [1.54, 1.807) is 0 Å². The van der Waals surface area contributed by atoms with Crippen LogP contribution in [0, 0.1) is 0 Å². The first-order valence-electron chi connectivity index (χ1n) is 5.33. The van der Waals surface area contributed by atoms with E-state index >= 15 is 0 Å². The van der Waals surface area contributed by atoms with Gasteiger partial charge in [-0.15, -0.1) is 0 Å². The highest BCUT2D eigenvalue weighted by Gasteiger charge is 2.06. The van der Waals surface area contributed by atoms with Crippen molar-refractivity contribution >= 4 is 17.2 Å². The molecule has 0 saturated heterocycles. The molecule has 0 fully saturated rings. The summed E-state index contributed by atoms with van der Waals surface area (Å²) in [7, 11) is 0. The van der Waals surface area contributed by atoms with Crippen molar-refractivity contribution in [3.8, 4) is 0 Å². The molecule has 2 rings (SSSR count). The van der Waals surface area contributed by atoms with Crippen LogP contribution >= 0.6 is 0 Å². The number of allylic oxidation sites excluding steroid dienone is 2. The van der Waals surface area contributed by atoms with Crippen LogP contribution in [0.1, 0.15) is 31.7 Å². The van der Waals surface area contributed by atoms with Gasteiger partial charge in [0.1, 0.15) is 0 Å². The maximum absolute atomic E-state index is 10.8. The Morgan fingerprint density at radius 1 is 1.27 bits per heavy atom. The zero-order chi connectivity index (χ0) is 10.7. The standard InChI is InChI=1S/C13H15NO/c1-10(15)14-13-8-6-12(7-9-13)11-4-2-3-5-11/h4,6-9H,2-3,5H2,1H3,(H,14,15). The van der Waals surface area contributed by atoms with Crippen LogP contribution in [0.15, 0.2) is 30.3 Å². The predicted octanol–water partition coefficient (Wildman–Crippen LogP) is 3.21. The maximum atomic E-state index is 10.8. The van der Waals surface area contributed by atoms with Crippen LogP contribution in [-0.2, 0) is 4.79 Å². The molecule has 0 bridgehead atoms. The van der Waals surface area contributed by atoms with E-state index in [9.17, 15) is 4.79 Å². The molecule has 0 unspecified atom stereocenters. The lowest BCUT2D eigenvalue weighted by Gasteiger charge is -2.05. The average Bonchev–Trinajstić information content (AvgIpc) is 2.71. The third-order valence-electron chi connectivity index (χ3n) is 2.62. The largest absolute Gasteiger partial charge is 0.326 e. The van der Waals surface area contributed by atoms with Crippen molar-refractivity contribution in [2.75, 3.05) is 5.32 Å². The third kappa shape index (κ3) is 2.46. The molecule has 0 heterocycles. The van der Waals surface area contributed by atoms with Gasteiger partial charge >= 0.3 is 0 Å². The van der Waals surface area contributed by atoms with E-state index in [1.807, 2.05) is 12.1 Å². The van der Waals surface area contributed by atoms with Crippen molar-refractivity contribution in [3.05, 3.63) is 35.9 Å². The van der Waals surface area contributed by atoms with Crippen molar-refractivity contribution in [2.24, 2.45) is 0 Å². The average molecular weight is 201 g/mol. The van der Waals surface area contributed by atoms with Crippen molar-refractivity contribution in [3.63, 3.8) is 0 Å². The molecule has 15 heavy (non-hydrogen) atoms. The van der Waals surface area contributed by atoms with Gasteiger partial charge in [-0.1, -0.05) is 18.2 Å². The fourth-order valence-corrected chi connectivity index (χ4v) is 1.90. The lowest BCUT2D eigenvalue weighted by Crippen LogP contribution is -2.05. The molecular weight excluding hydrogens is 186 g/mol. The van der Waals surface area contributed by atoms with Crippen molar-refractivity contribution in [2.45, 2.75) is 26.2 Å². The topological polar surface area (TPSA) is 29.1 Å². The van der Waals surface area contributed by atoms with E-state index in [1.165, 1.54) is 37.3 Å². The zero-order valence-corrected chi connectivity index (χ0v) is 8.92. The van der Waals surface area contributed by atoms with Crippen LogP contribution in [-0.4, -0.2) is 5.91 Å². The highest BCUT2D eigenvalue weighted by atomic mass is 16.1. The number of nitrogens with one attached hydrogen (secondary N) is 1. The van der Waals surface area contributed by atoms with Crippen molar-refractivity contribution in [1.82, 2.24) is 0 Å². The number of amides is 1. The van der Waals surface area contributed by atoms with Crippen molar-refractivity contribution < 1.29 is 4.79 Å². The quantitative estimate of drug-likeness (QED) is 0.782. The monoisotopic (exact) mass is 201 g/mol. The summed E-state index contributed by atoms with van der Waals surface area (Å²) in [5, 5.41) is 2.76. The molecule has 1 aromatic carbocycles. The molecule has 0 atom stereocenters. The summed E-state index contributed by atoms with van der Waals surface area (Å²) in [4.78, 5) is 10.8. The van der Waals surface area contributed by atoms with Crippen LogP contribution in [0.2, 0.25) is 0 Å². The van der Waals surface area contributed by atoms with Crippen LogP contribution < -0.4 is 5.32 Å². The Kier molecular flexibility index (Phi) is 2.86. The third-order valence-corrected chi connectivity index (χ3v) is 2.62. The fourth-order valence-electron chi connectivity index (χ4n) is 1.90. The van der Waals surface area contributed by atoms with E-state index < -0.39 is 0 Å².